The van der Waals surface area contributed by atoms with Crippen molar-refractivity contribution in [1.82, 2.24) is 5.32 Å². The molecule has 3 aromatic rings. The minimum atomic E-state index is -0.830. The number of hydrogen-bond donors (Lipinski definition) is 1. The summed E-state index contributed by atoms with van der Waals surface area (Å²) < 4.78 is 5.89. The van der Waals surface area contributed by atoms with E-state index in [4.69, 9.17) is 4.74 Å². The van der Waals surface area contributed by atoms with E-state index in [1.165, 1.54) is 0 Å². The maximum Gasteiger partial charge on any atom is 0.248 e. The van der Waals surface area contributed by atoms with Gasteiger partial charge in [0.15, 0.2) is 0 Å². The molecule has 1 saturated carbocycles. The van der Waals surface area contributed by atoms with E-state index in [1.807, 2.05) is 79.0 Å². The Labute approximate surface area is 199 Å². The van der Waals surface area contributed by atoms with Gasteiger partial charge in [0, 0.05) is 22.2 Å². The van der Waals surface area contributed by atoms with Crippen LogP contribution in [0.1, 0.15) is 49.1 Å². The third kappa shape index (κ3) is 5.63. The number of carbonyl (C=O) groups excluding carboxylic acids is 2. The molecule has 2 aromatic carbocycles. The van der Waals surface area contributed by atoms with Gasteiger partial charge in [-0.05, 0) is 49.4 Å². The number of rotatable bonds is 9. The fourth-order valence-electron chi connectivity index (χ4n) is 4.41. The van der Waals surface area contributed by atoms with Crippen LogP contribution in [0.5, 0.6) is 5.75 Å². The van der Waals surface area contributed by atoms with Crippen LogP contribution < -0.4 is 15.0 Å². The summed E-state index contributed by atoms with van der Waals surface area (Å²) in [5, 5.41) is 5.19. The van der Waals surface area contributed by atoms with Gasteiger partial charge in [0.25, 0.3) is 0 Å². The third-order valence-corrected chi connectivity index (χ3v) is 6.81. The van der Waals surface area contributed by atoms with E-state index in [2.05, 4.69) is 5.32 Å². The van der Waals surface area contributed by atoms with Crippen molar-refractivity contribution in [2.24, 2.45) is 0 Å². The highest BCUT2D eigenvalue weighted by Gasteiger charge is 2.36. The summed E-state index contributed by atoms with van der Waals surface area (Å²) in [6.07, 6.45) is 4.41. The highest BCUT2D eigenvalue weighted by atomic mass is 32.1. The van der Waals surface area contributed by atoms with Crippen molar-refractivity contribution >= 4 is 28.8 Å². The number of ether oxygens (including phenoxy) is 1. The topological polar surface area (TPSA) is 58.6 Å². The number of amides is 2. The second kappa shape index (κ2) is 11.1. The first-order chi connectivity index (χ1) is 16.2. The number of hydrogen-bond acceptors (Lipinski definition) is 4. The molecule has 0 radical (unpaired) electrons. The smallest absolute Gasteiger partial charge is 0.248 e. The first kappa shape index (κ1) is 23.1. The van der Waals surface area contributed by atoms with Gasteiger partial charge < -0.3 is 10.1 Å². The lowest BCUT2D eigenvalue weighted by atomic mass is 10.0. The zero-order valence-corrected chi connectivity index (χ0v) is 19.7. The van der Waals surface area contributed by atoms with Crippen molar-refractivity contribution in [3.63, 3.8) is 0 Å². The number of benzene rings is 2. The summed E-state index contributed by atoms with van der Waals surface area (Å²) in [7, 11) is 0. The van der Waals surface area contributed by atoms with Crippen LogP contribution >= 0.6 is 11.3 Å². The minimum absolute atomic E-state index is 0.124. The summed E-state index contributed by atoms with van der Waals surface area (Å²) >= 11 is 1.54. The van der Waals surface area contributed by atoms with E-state index >= 15 is 0 Å². The summed E-state index contributed by atoms with van der Waals surface area (Å²) in [6.45, 7) is 2.39. The van der Waals surface area contributed by atoms with Crippen LogP contribution in [-0.4, -0.2) is 24.5 Å². The molecular weight excluding hydrogens is 432 g/mol. The molecule has 2 amide bonds. The second-order valence-corrected chi connectivity index (χ2v) is 9.25. The number of nitrogens with one attached hydrogen (secondary N) is 1. The fourth-order valence-corrected chi connectivity index (χ4v) is 5.11. The Bertz CT molecular complexity index is 1050. The molecule has 1 fully saturated rings. The Kier molecular flexibility index (Phi) is 7.79. The molecule has 1 aliphatic rings. The van der Waals surface area contributed by atoms with Crippen molar-refractivity contribution in [2.45, 2.75) is 51.1 Å². The van der Waals surface area contributed by atoms with Crippen LogP contribution in [-0.2, 0) is 16.0 Å². The molecule has 5 nitrogen and oxygen atoms in total. The molecule has 1 aliphatic carbocycles. The summed E-state index contributed by atoms with van der Waals surface area (Å²) in [6, 6.07) is 20.2. The number of para-hydroxylation sites is 2. The highest BCUT2D eigenvalue weighted by Crippen LogP contribution is 2.35. The SMILES string of the molecule is CCOc1ccccc1[C@@H](C(=O)NC1CCCC1)N(C(=O)Cc1cccs1)c1ccccc1. The van der Waals surface area contributed by atoms with Gasteiger partial charge >= 0.3 is 0 Å². The van der Waals surface area contributed by atoms with Gasteiger partial charge in [-0.1, -0.05) is 55.3 Å². The zero-order chi connectivity index (χ0) is 23.0. The zero-order valence-electron chi connectivity index (χ0n) is 18.9. The summed E-state index contributed by atoms with van der Waals surface area (Å²) in [5.41, 5.74) is 1.38. The van der Waals surface area contributed by atoms with E-state index < -0.39 is 6.04 Å². The average molecular weight is 463 g/mol. The Hall–Kier alpha value is -3.12. The van der Waals surface area contributed by atoms with Crippen molar-refractivity contribution in [3.8, 4) is 5.75 Å². The standard InChI is InChI=1S/C27H30N2O3S/c1-2-32-24-17-9-8-16-23(24)26(27(31)28-20-11-6-7-12-20)29(21-13-4-3-5-14-21)25(30)19-22-15-10-18-33-22/h3-5,8-10,13-18,20,26H,2,6-7,11-12,19H2,1H3,(H,28,31)/t26-/m0/s1. The average Bonchev–Trinajstić information content (AvgIpc) is 3.53. The molecule has 6 heteroatoms. The largest absolute Gasteiger partial charge is 0.493 e. The Morgan fingerprint density at radius 3 is 2.45 bits per heavy atom. The molecule has 1 heterocycles. The fraction of sp³-hybridized carbons (Fsp3) is 0.333. The molecule has 4 rings (SSSR count). The summed E-state index contributed by atoms with van der Waals surface area (Å²) in [4.78, 5) is 30.2. The lowest BCUT2D eigenvalue weighted by molar-refractivity contribution is -0.127. The van der Waals surface area contributed by atoms with E-state index in [-0.39, 0.29) is 24.3 Å². The Balaban J connectivity index is 1.78. The predicted octanol–water partition coefficient (Wildman–Crippen LogP) is 5.52. The number of carbonyl (C=O) groups is 2. The van der Waals surface area contributed by atoms with Gasteiger partial charge in [-0.2, -0.15) is 0 Å². The molecule has 0 unspecified atom stereocenters. The first-order valence-corrected chi connectivity index (χ1v) is 12.5. The molecule has 1 N–H and O–H groups in total. The molecule has 0 saturated heterocycles. The van der Waals surface area contributed by atoms with Gasteiger partial charge in [-0.3, -0.25) is 14.5 Å². The van der Waals surface area contributed by atoms with E-state index in [0.29, 0.717) is 23.6 Å². The lowest BCUT2D eigenvalue weighted by Crippen LogP contribution is -2.47. The van der Waals surface area contributed by atoms with E-state index in [9.17, 15) is 9.59 Å². The molecular formula is C27H30N2O3S. The minimum Gasteiger partial charge on any atom is -0.493 e. The van der Waals surface area contributed by atoms with Crippen LogP contribution in [0.3, 0.4) is 0 Å². The molecule has 1 aromatic heterocycles. The second-order valence-electron chi connectivity index (χ2n) is 8.22. The number of anilines is 1. The first-order valence-electron chi connectivity index (χ1n) is 11.6. The van der Waals surface area contributed by atoms with Gasteiger partial charge in [0.05, 0.1) is 13.0 Å². The molecule has 172 valence electrons. The molecule has 1 atom stereocenters. The van der Waals surface area contributed by atoms with Crippen LogP contribution in [0.25, 0.3) is 0 Å². The highest BCUT2D eigenvalue weighted by molar-refractivity contribution is 7.10. The van der Waals surface area contributed by atoms with Crippen molar-refractivity contribution in [3.05, 3.63) is 82.6 Å². The van der Waals surface area contributed by atoms with E-state index in [0.717, 1.165) is 30.6 Å². The van der Waals surface area contributed by atoms with E-state index in [1.54, 1.807) is 16.2 Å². The van der Waals surface area contributed by atoms with Crippen LogP contribution in [0.15, 0.2) is 72.1 Å². The van der Waals surface area contributed by atoms with Crippen LogP contribution in [0.2, 0.25) is 0 Å². The van der Waals surface area contributed by atoms with Gasteiger partial charge in [0.1, 0.15) is 11.8 Å². The van der Waals surface area contributed by atoms with Gasteiger partial charge in [0.2, 0.25) is 11.8 Å². The maximum atomic E-state index is 13.8. The Morgan fingerprint density at radius 1 is 1.03 bits per heavy atom. The molecule has 33 heavy (non-hydrogen) atoms. The van der Waals surface area contributed by atoms with Gasteiger partial charge in [-0.25, -0.2) is 0 Å². The maximum absolute atomic E-state index is 13.8. The monoisotopic (exact) mass is 462 g/mol. The number of thiophene rings is 1. The summed E-state index contributed by atoms with van der Waals surface area (Å²) in [5.74, 6) is 0.329. The van der Waals surface area contributed by atoms with Crippen molar-refractivity contribution in [2.75, 3.05) is 11.5 Å². The quantitative estimate of drug-likeness (QED) is 0.455. The molecule has 0 aliphatic heterocycles. The van der Waals surface area contributed by atoms with Crippen molar-refractivity contribution < 1.29 is 14.3 Å². The predicted molar refractivity (Wildman–Crippen MR) is 133 cm³/mol. The van der Waals surface area contributed by atoms with Gasteiger partial charge in [-0.15, -0.1) is 11.3 Å². The van der Waals surface area contributed by atoms with Crippen LogP contribution in [0, 0.1) is 0 Å². The van der Waals surface area contributed by atoms with Crippen LogP contribution in [0.4, 0.5) is 5.69 Å². The molecule has 0 bridgehead atoms. The normalized spacial score (nSPS) is 14.6. The van der Waals surface area contributed by atoms with Crippen molar-refractivity contribution in [1.29, 1.82) is 0 Å². The third-order valence-electron chi connectivity index (χ3n) is 5.93. The Morgan fingerprint density at radius 2 is 1.76 bits per heavy atom. The number of nitrogens with zero attached hydrogens (tertiary/aromatic N) is 1. The lowest BCUT2D eigenvalue weighted by Gasteiger charge is -2.33. The molecule has 0 spiro atoms.